The number of benzene rings is 1. The van der Waals surface area contributed by atoms with E-state index in [0.717, 1.165) is 34.9 Å². The van der Waals surface area contributed by atoms with E-state index < -0.39 is 0 Å². The Hall–Kier alpha value is -0.730. The summed E-state index contributed by atoms with van der Waals surface area (Å²) in [6.45, 7) is 11.5. The highest BCUT2D eigenvalue weighted by Crippen LogP contribution is 2.44. The fourth-order valence-corrected chi connectivity index (χ4v) is 2.96. The summed E-state index contributed by atoms with van der Waals surface area (Å²) in [4.78, 5) is 0. The molecule has 1 unspecified atom stereocenters. The maximum absolute atomic E-state index is 6.37. The van der Waals surface area contributed by atoms with E-state index in [9.17, 15) is 0 Å². The molecule has 1 aliphatic rings. The molecule has 0 radical (unpaired) electrons. The van der Waals surface area contributed by atoms with E-state index in [0.29, 0.717) is 6.04 Å². The van der Waals surface area contributed by atoms with Crippen LogP contribution in [0.3, 0.4) is 0 Å². The van der Waals surface area contributed by atoms with Crippen LogP contribution in [-0.2, 0) is 0 Å². The van der Waals surface area contributed by atoms with E-state index >= 15 is 0 Å². The van der Waals surface area contributed by atoms with Crippen molar-refractivity contribution in [2.75, 3.05) is 6.54 Å². The molecule has 1 aromatic rings. The Morgan fingerprint density at radius 3 is 2.72 bits per heavy atom. The van der Waals surface area contributed by atoms with Crippen molar-refractivity contribution in [3.05, 3.63) is 27.8 Å². The summed E-state index contributed by atoms with van der Waals surface area (Å²) in [5, 5.41) is 4.41. The third kappa shape index (κ3) is 2.36. The van der Waals surface area contributed by atoms with Crippen molar-refractivity contribution in [3.8, 4) is 5.75 Å². The molecule has 0 saturated carbocycles. The summed E-state index contributed by atoms with van der Waals surface area (Å²) in [5.74, 6) is 0.983. The number of halogens is 1. The van der Waals surface area contributed by atoms with Gasteiger partial charge in [0, 0.05) is 23.0 Å². The van der Waals surface area contributed by atoms with Gasteiger partial charge in [-0.15, -0.1) is 0 Å². The highest BCUT2D eigenvalue weighted by molar-refractivity contribution is 6.32. The van der Waals surface area contributed by atoms with E-state index in [1.54, 1.807) is 0 Å². The lowest BCUT2D eigenvalue weighted by Crippen LogP contribution is -2.40. The number of nitrogens with one attached hydrogen (secondary N) is 1. The zero-order chi connectivity index (χ0) is 13.5. The van der Waals surface area contributed by atoms with E-state index in [2.05, 4.69) is 39.1 Å². The van der Waals surface area contributed by atoms with Crippen LogP contribution in [0.25, 0.3) is 0 Å². The van der Waals surface area contributed by atoms with Gasteiger partial charge in [0.15, 0.2) is 0 Å². The molecule has 1 aliphatic heterocycles. The Morgan fingerprint density at radius 2 is 2.11 bits per heavy atom. The minimum atomic E-state index is -0.132. The molecule has 2 rings (SSSR count). The highest BCUT2D eigenvalue weighted by Gasteiger charge is 2.35. The second-order valence-corrected chi connectivity index (χ2v) is 6.10. The summed E-state index contributed by atoms with van der Waals surface area (Å²) < 4.78 is 6.11. The van der Waals surface area contributed by atoms with Gasteiger partial charge in [0.2, 0.25) is 0 Å². The van der Waals surface area contributed by atoms with Crippen LogP contribution in [0.5, 0.6) is 5.75 Å². The van der Waals surface area contributed by atoms with Crippen LogP contribution in [0.15, 0.2) is 6.07 Å². The molecular formula is C15H22ClNO. The minimum absolute atomic E-state index is 0.132. The van der Waals surface area contributed by atoms with Crippen molar-refractivity contribution < 1.29 is 4.74 Å². The molecule has 0 fully saturated rings. The molecule has 0 saturated heterocycles. The Labute approximate surface area is 115 Å². The average molecular weight is 268 g/mol. The quantitative estimate of drug-likeness (QED) is 0.868. The zero-order valence-electron chi connectivity index (χ0n) is 11.9. The first-order valence-corrected chi connectivity index (χ1v) is 6.95. The van der Waals surface area contributed by atoms with Gasteiger partial charge in [0.25, 0.3) is 0 Å². The van der Waals surface area contributed by atoms with Gasteiger partial charge >= 0.3 is 0 Å². The zero-order valence-corrected chi connectivity index (χ0v) is 12.6. The van der Waals surface area contributed by atoms with Crippen LogP contribution in [-0.4, -0.2) is 12.1 Å². The van der Waals surface area contributed by atoms with Gasteiger partial charge in [-0.2, -0.15) is 0 Å². The van der Waals surface area contributed by atoms with E-state index in [-0.39, 0.29) is 5.60 Å². The van der Waals surface area contributed by atoms with Crippen molar-refractivity contribution >= 4 is 11.6 Å². The van der Waals surface area contributed by atoms with Crippen molar-refractivity contribution in [3.63, 3.8) is 0 Å². The first kappa shape index (κ1) is 13.7. The van der Waals surface area contributed by atoms with Crippen molar-refractivity contribution in [1.82, 2.24) is 5.32 Å². The summed E-state index contributed by atoms with van der Waals surface area (Å²) >= 11 is 6.37. The number of hydrogen-bond donors (Lipinski definition) is 1. The molecule has 2 nitrogen and oxygen atoms in total. The number of rotatable bonds is 2. The van der Waals surface area contributed by atoms with Crippen molar-refractivity contribution in [1.29, 1.82) is 0 Å². The Bertz CT molecular complexity index is 468. The van der Waals surface area contributed by atoms with E-state index in [1.165, 1.54) is 5.56 Å². The van der Waals surface area contributed by atoms with E-state index in [1.807, 2.05) is 6.92 Å². The molecule has 0 amide bonds. The Morgan fingerprint density at radius 1 is 1.44 bits per heavy atom. The normalized spacial score (nSPS) is 21.3. The molecule has 0 bridgehead atoms. The Kier molecular flexibility index (Phi) is 3.61. The smallest absolute Gasteiger partial charge is 0.125 e. The van der Waals surface area contributed by atoms with Gasteiger partial charge in [-0.1, -0.05) is 18.5 Å². The first-order valence-electron chi connectivity index (χ1n) is 6.57. The van der Waals surface area contributed by atoms with Crippen LogP contribution < -0.4 is 10.1 Å². The number of ether oxygens (including phenoxy) is 1. The maximum Gasteiger partial charge on any atom is 0.125 e. The lowest BCUT2D eigenvalue weighted by Gasteiger charge is -2.39. The molecule has 3 heteroatoms. The van der Waals surface area contributed by atoms with Gasteiger partial charge in [-0.3, -0.25) is 0 Å². The third-order valence-electron chi connectivity index (χ3n) is 3.57. The molecule has 0 spiro atoms. The summed E-state index contributed by atoms with van der Waals surface area (Å²) in [5.41, 5.74) is 3.33. The van der Waals surface area contributed by atoms with Crippen LogP contribution in [0.1, 0.15) is 49.9 Å². The Balaban J connectivity index is 2.56. The predicted octanol–water partition coefficient (Wildman–Crippen LogP) is 4.17. The molecule has 0 aliphatic carbocycles. The van der Waals surface area contributed by atoms with Crippen LogP contribution >= 0.6 is 11.6 Å². The van der Waals surface area contributed by atoms with Gasteiger partial charge in [-0.05, 0) is 51.4 Å². The van der Waals surface area contributed by atoms with Gasteiger partial charge in [0.05, 0.1) is 0 Å². The first-order chi connectivity index (χ1) is 8.35. The topological polar surface area (TPSA) is 21.3 Å². The molecule has 0 aromatic heterocycles. The molecule has 1 atom stereocenters. The fourth-order valence-electron chi connectivity index (χ4n) is 2.81. The second-order valence-electron chi connectivity index (χ2n) is 5.72. The molecule has 1 N–H and O–H groups in total. The standard InChI is InChI=1S/C15H22ClNO/c1-6-17-11-8-15(4,5)18-12-7-9(2)14(16)10(3)13(11)12/h7,11,17H,6,8H2,1-5H3. The van der Waals surface area contributed by atoms with Crippen LogP contribution in [0, 0.1) is 13.8 Å². The fraction of sp³-hybridized carbons (Fsp3) is 0.600. The summed E-state index contributed by atoms with van der Waals surface area (Å²) in [6.07, 6.45) is 0.966. The molecule has 100 valence electrons. The maximum atomic E-state index is 6.37. The lowest BCUT2D eigenvalue weighted by molar-refractivity contribution is 0.0661. The molecule has 18 heavy (non-hydrogen) atoms. The summed E-state index contributed by atoms with van der Waals surface area (Å²) in [7, 11) is 0. The van der Waals surface area contributed by atoms with Gasteiger partial charge < -0.3 is 10.1 Å². The largest absolute Gasteiger partial charge is 0.487 e. The second kappa shape index (κ2) is 4.75. The molecule has 1 heterocycles. The molecule has 1 aromatic carbocycles. The minimum Gasteiger partial charge on any atom is -0.487 e. The number of hydrogen-bond acceptors (Lipinski definition) is 2. The van der Waals surface area contributed by atoms with E-state index in [4.69, 9.17) is 16.3 Å². The predicted molar refractivity (Wildman–Crippen MR) is 76.7 cm³/mol. The monoisotopic (exact) mass is 267 g/mol. The van der Waals surface area contributed by atoms with Crippen molar-refractivity contribution in [2.24, 2.45) is 0 Å². The summed E-state index contributed by atoms with van der Waals surface area (Å²) in [6, 6.07) is 2.39. The van der Waals surface area contributed by atoms with Crippen molar-refractivity contribution in [2.45, 2.75) is 52.7 Å². The van der Waals surface area contributed by atoms with Gasteiger partial charge in [-0.25, -0.2) is 0 Å². The van der Waals surface area contributed by atoms with Gasteiger partial charge in [0.1, 0.15) is 11.4 Å². The van der Waals surface area contributed by atoms with Crippen LogP contribution in [0.4, 0.5) is 0 Å². The number of aryl methyl sites for hydroxylation is 1. The number of fused-ring (bicyclic) bond motifs is 1. The van der Waals surface area contributed by atoms with Crippen LogP contribution in [0.2, 0.25) is 5.02 Å². The average Bonchev–Trinajstić information content (AvgIpc) is 2.24. The SMILES string of the molecule is CCNC1CC(C)(C)Oc2cc(C)c(Cl)c(C)c21. The highest BCUT2D eigenvalue weighted by atomic mass is 35.5. The molecular weight excluding hydrogens is 246 g/mol. The third-order valence-corrected chi connectivity index (χ3v) is 4.16. The lowest BCUT2D eigenvalue weighted by atomic mass is 9.86.